The van der Waals surface area contributed by atoms with E-state index in [0.29, 0.717) is 5.56 Å². The van der Waals surface area contributed by atoms with Crippen LogP contribution in [0.5, 0.6) is 0 Å². The van der Waals surface area contributed by atoms with Crippen molar-refractivity contribution in [2.75, 3.05) is 0 Å². The predicted octanol–water partition coefficient (Wildman–Crippen LogP) is 2.80. The summed E-state index contributed by atoms with van der Waals surface area (Å²) < 4.78 is 37.9. The average molecular weight is 278 g/mol. The molecule has 20 heavy (non-hydrogen) atoms. The molecule has 1 aliphatic rings. The van der Waals surface area contributed by atoms with Gasteiger partial charge in [0.15, 0.2) is 0 Å². The summed E-state index contributed by atoms with van der Waals surface area (Å²) in [6, 6.07) is 9.98. The molecular weight excluding hydrogens is 269 g/mol. The van der Waals surface area contributed by atoms with Gasteiger partial charge in [0.05, 0.1) is 17.6 Å². The number of ketones is 1. The molecule has 1 aliphatic heterocycles. The molecule has 6 heteroatoms. The molecule has 0 bridgehead atoms. The van der Waals surface area contributed by atoms with E-state index < -0.39 is 23.5 Å². The number of dihydropyridines is 1. The molecule has 1 aromatic carbocycles. The molecule has 102 valence electrons. The van der Waals surface area contributed by atoms with Gasteiger partial charge in [-0.3, -0.25) is 4.79 Å². The van der Waals surface area contributed by atoms with Crippen molar-refractivity contribution in [3.05, 3.63) is 59.4 Å². The lowest BCUT2D eigenvalue weighted by Gasteiger charge is -2.23. The van der Waals surface area contributed by atoms with Crippen LogP contribution in [0.25, 0.3) is 0 Å². The molecule has 0 amide bonds. The molecule has 0 aliphatic carbocycles. The second-order valence-electron chi connectivity index (χ2n) is 4.15. The Morgan fingerprint density at radius 2 is 1.85 bits per heavy atom. The van der Waals surface area contributed by atoms with Gasteiger partial charge in [-0.05, 0) is 5.56 Å². The Labute approximate surface area is 113 Å². The van der Waals surface area contributed by atoms with Crippen LogP contribution in [0.2, 0.25) is 0 Å². The molecule has 0 saturated heterocycles. The molecule has 0 radical (unpaired) electrons. The SMILES string of the molecule is N#CC1=CNC=C(C(=O)C(F)(F)F)C1c1ccccc1. The van der Waals surface area contributed by atoms with E-state index in [1.165, 1.54) is 6.20 Å². The van der Waals surface area contributed by atoms with Crippen molar-refractivity contribution in [3.63, 3.8) is 0 Å². The molecule has 2 rings (SSSR count). The highest BCUT2D eigenvalue weighted by atomic mass is 19.4. The number of Topliss-reactive ketones (excluding diaryl/α,β-unsaturated/α-hetero) is 1. The van der Waals surface area contributed by atoms with E-state index in [4.69, 9.17) is 5.26 Å². The van der Waals surface area contributed by atoms with Crippen molar-refractivity contribution >= 4 is 5.78 Å². The van der Waals surface area contributed by atoms with Gasteiger partial charge < -0.3 is 5.32 Å². The van der Waals surface area contributed by atoms with Crippen LogP contribution in [0.4, 0.5) is 13.2 Å². The maximum atomic E-state index is 12.6. The minimum absolute atomic E-state index is 0.0614. The van der Waals surface area contributed by atoms with Crippen LogP contribution >= 0.6 is 0 Å². The lowest BCUT2D eigenvalue weighted by molar-refractivity contribution is -0.166. The normalized spacial score (nSPS) is 18.4. The maximum absolute atomic E-state index is 12.6. The minimum atomic E-state index is -4.97. The molecule has 1 unspecified atom stereocenters. The van der Waals surface area contributed by atoms with Crippen LogP contribution < -0.4 is 5.32 Å². The number of benzene rings is 1. The number of allylic oxidation sites excluding steroid dienone is 2. The van der Waals surface area contributed by atoms with Gasteiger partial charge in [-0.1, -0.05) is 30.3 Å². The molecule has 1 atom stereocenters. The first kappa shape index (κ1) is 13.9. The first-order valence-electron chi connectivity index (χ1n) is 5.68. The van der Waals surface area contributed by atoms with Crippen molar-refractivity contribution in [3.8, 4) is 6.07 Å². The highest BCUT2D eigenvalue weighted by Crippen LogP contribution is 2.36. The number of carbonyl (C=O) groups is 1. The van der Waals surface area contributed by atoms with Gasteiger partial charge in [-0.25, -0.2) is 0 Å². The summed E-state index contributed by atoms with van der Waals surface area (Å²) in [6.45, 7) is 0. The number of alkyl halides is 3. The maximum Gasteiger partial charge on any atom is 0.454 e. The molecular formula is C14H9F3N2O. The van der Waals surface area contributed by atoms with Gasteiger partial charge in [0.25, 0.3) is 5.78 Å². The van der Waals surface area contributed by atoms with Crippen LogP contribution in [0.1, 0.15) is 11.5 Å². The summed E-state index contributed by atoms with van der Waals surface area (Å²) in [5, 5.41) is 11.5. The second kappa shape index (κ2) is 5.21. The van der Waals surface area contributed by atoms with Crippen LogP contribution in [-0.4, -0.2) is 12.0 Å². The molecule has 0 saturated carbocycles. The fraction of sp³-hybridized carbons (Fsp3) is 0.143. The fourth-order valence-corrected chi connectivity index (χ4v) is 2.02. The van der Waals surface area contributed by atoms with Gasteiger partial charge in [-0.15, -0.1) is 0 Å². The Bertz CT molecular complexity index is 624. The largest absolute Gasteiger partial charge is 0.454 e. The summed E-state index contributed by atoms with van der Waals surface area (Å²) in [6.07, 6.45) is -2.68. The van der Waals surface area contributed by atoms with Crippen molar-refractivity contribution in [2.45, 2.75) is 12.1 Å². The molecule has 1 N–H and O–H groups in total. The molecule has 1 aromatic rings. The number of nitrogens with zero attached hydrogens (tertiary/aromatic N) is 1. The quantitative estimate of drug-likeness (QED) is 0.905. The highest BCUT2D eigenvalue weighted by Gasteiger charge is 2.44. The zero-order chi connectivity index (χ0) is 14.8. The Morgan fingerprint density at radius 1 is 1.20 bits per heavy atom. The second-order valence-corrected chi connectivity index (χ2v) is 4.15. The van der Waals surface area contributed by atoms with Crippen LogP contribution in [0.15, 0.2) is 53.9 Å². The standard InChI is InChI=1S/C14H9F3N2O/c15-14(16,17)13(20)11-8-19-7-10(6-18)12(11)9-4-2-1-3-5-9/h1-5,7-8,12,19H. The zero-order valence-electron chi connectivity index (χ0n) is 10.1. The summed E-state index contributed by atoms with van der Waals surface area (Å²) in [7, 11) is 0. The third-order valence-corrected chi connectivity index (χ3v) is 2.88. The summed E-state index contributed by atoms with van der Waals surface area (Å²) in [5.74, 6) is -2.95. The van der Waals surface area contributed by atoms with Gasteiger partial charge in [0.2, 0.25) is 0 Å². The zero-order valence-corrected chi connectivity index (χ0v) is 10.1. The number of halogens is 3. The third-order valence-electron chi connectivity index (χ3n) is 2.88. The van der Waals surface area contributed by atoms with E-state index in [1.54, 1.807) is 30.3 Å². The number of nitriles is 1. The lowest BCUT2D eigenvalue weighted by Crippen LogP contribution is -2.30. The molecule has 0 fully saturated rings. The Balaban J connectivity index is 2.49. The first-order chi connectivity index (χ1) is 9.45. The Morgan fingerprint density at radius 3 is 2.40 bits per heavy atom. The highest BCUT2D eigenvalue weighted by molar-refractivity contribution is 6.01. The van der Waals surface area contributed by atoms with Gasteiger partial charge in [-0.2, -0.15) is 18.4 Å². The summed E-state index contributed by atoms with van der Waals surface area (Å²) in [4.78, 5) is 11.5. The number of carbonyl (C=O) groups excluding carboxylic acids is 1. The van der Waals surface area contributed by atoms with Crippen LogP contribution in [0.3, 0.4) is 0 Å². The van der Waals surface area contributed by atoms with E-state index in [0.717, 1.165) is 6.20 Å². The van der Waals surface area contributed by atoms with Gasteiger partial charge in [0.1, 0.15) is 0 Å². The Hall–Kier alpha value is -2.55. The Kier molecular flexibility index (Phi) is 3.61. The van der Waals surface area contributed by atoms with E-state index >= 15 is 0 Å². The first-order valence-corrected chi connectivity index (χ1v) is 5.68. The molecule has 0 aromatic heterocycles. The number of nitrogens with one attached hydrogen (secondary N) is 1. The number of hydrogen-bond acceptors (Lipinski definition) is 3. The van der Waals surface area contributed by atoms with Crippen molar-refractivity contribution in [2.24, 2.45) is 0 Å². The fourth-order valence-electron chi connectivity index (χ4n) is 2.02. The molecule has 1 heterocycles. The smallest absolute Gasteiger partial charge is 0.366 e. The van der Waals surface area contributed by atoms with Gasteiger partial charge in [0, 0.05) is 18.0 Å². The van der Waals surface area contributed by atoms with E-state index in [1.807, 2.05) is 6.07 Å². The number of hydrogen-bond donors (Lipinski definition) is 1. The van der Waals surface area contributed by atoms with Gasteiger partial charge >= 0.3 is 6.18 Å². The predicted molar refractivity (Wildman–Crippen MR) is 65.2 cm³/mol. The van der Waals surface area contributed by atoms with Crippen LogP contribution in [0, 0.1) is 11.3 Å². The molecule has 0 spiro atoms. The minimum Gasteiger partial charge on any atom is -0.366 e. The van der Waals surface area contributed by atoms with E-state index in [9.17, 15) is 18.0 Å². The topological polar surface area (TPSA) is 52.9 Å². The van der Waals surface area contributed by atoms with Crippen molar-refractivity contribution in [1.82, 2.24) is 5.32 Å². The summed E-state index contributed by atoms with van der Waals surface area (Å²) in [5.41, 5.74) is 0.0414. The third kappa shape index (κ3) is 2.57. The van der Waals surface area contributed by atoms with Crippen molar-refractivity contribution in [1.29, 1.82) is 5.26 Å². The average Bonchev–Trinajstić information content (AvgIpc) is 2.45. The lowest BCUT2D eigenvalue weighted by atomic mass is 9.82. The molecule has 3 nitrogen and oxygen atoms in total. The number of rotatable bonds is 2. The summed E-state index contributed by atoms with van der Waals surface area (Å²) >= 11 is 0. The van der Waals surface area contributed by atoms with E-state index in [-0.39, 0.29) is 5.57 Å². The van der Waals surface area contributed by atoms with E-state index in [2.05, 4.69) is 5.32 Å². The van der Waals surface area contributed by atoms with Crippen molar-refractivity contribution < 1.29 is 18.0 Å². The van der Waals surface area contributed by atoms with Crippen LogP contribution in [-0.2, 0) is 4.79 Å². The monoisotopic (exact) mass is 278 g/mol.